The van der Waals surface area contributed by atoms with Crippen LogP contribution in [-0.4, -0.2) is 53.9 Å². The van der Waals surface area contributed by atoms with Crippen LogP contribution in [0.4, 0.5) is 10.8 Å². The van der Waals surface area contributed by atoms with E-state index in [2.05, 4.69) is 20.2 Å². The summed E-state index contributed by atoms with van der Waals surface area (Å²) < 4.78 is 12.1. The molecule has 1 aliphatic heterocycles. The highest BCUT2D eigenvalue weighted by Crippen LogP contribution is 2.27. The zero-order chi connectivity index (χ0) is 20.4. The second-order valence-corrected chi connectivity index (χ2v) is 7.71. The molecule has 1 fully saturated rings. The summed E-state index contributed by atoms with van der Waals surface area (Å²) in [4.78, 5) is 35.9. The fraction of sp³-hybridized carbons (Fsp3) is 0.333. The van der Waals surface area contributed by atoms with E-state index >= 15 is 0 Å². The monoisotopic (exact) mass is 435 g/mol. The number of benzene rings is 1. The molecule has 3 aromatic rings. The van der Waals surface area contributed by atoms with Crippen LogP contribution in [0.25, 0.3) is 10.3 Å². The largest absolute Gasteiger partial charge is 0.495 e. The summed E-state index contributed by atoms with van der Waals surface area (Å²) in [5.74, 6) is 0.143. The molecule has 3 heterocycles. The normalized spacial score (nSPS) is 14.2. The van der Waals surface area contributed by atoms with Gasteiger partial charge in [-0.3, -0.25) is 14.2 Å². The summed E-state index contributed by atoms with van der Waals surface area (Å²) in [5, 5.41) is 3.83. The zero-order valence-electron chi connectivity index (χ0n) is 15.6. The number of morpholine rings is 1. The SMILES string of the molecule is COc1ccc(NC(=O)Cn2cnc3nc(N4CCOCC4)sc3c2=O)cc1Cl. The maximum absolute atomic E-state index is 12.8. The molecule has 0 spiro atoms. The smallest absolute Gasteiger partial charge is 0.273 e. The molecule has 0 radical (unpaired) electrons. The lowest BCUT2D eigenvalue weighted by Gasteiger charge is -2.25. The topological polar surface area (TPSA) is 98.6 Å². The number of carbonyl (C=O) groups is 1. The Kier molecular flexibility index (Phi) is 5.65. The summed E-state index contributed by atoms with van der Waals surface area (Å²) >= 11 is 7.35. The van der Waals surface area contributed by atoms with E-state index in [-0.39, 0.29) is 18.0 Å². The molecule has 2 aromatic heterocycles. The third-order valence-electron chi connectivity index (χ3n) is 4.40. The average molecular weight is 436 g/mol. The van der Waals surface area contributed by atoms with Crippen LogP contribution in [0, 0.1) is 0 Å². The Morgan fingerprint density at radius 3 is 2.90 bits per heavy atom. The van der Waals surface area contributed by atoms with Crippen molar-refractivity contribution in [1.82, 2.24) is 14.5 Å². The van der Waals surface area contributed by atoms with Gasteiger partial charge in [-0.2, -0.15) is 4.98 Å². The predicted molar refractivity (Wildman–Crippen MR) is 111 cm³/mol. The number of hydrogen-bond acceptors (Lipinski definition) is 8. The van der Waals surface area contributed by atoms with E-state index in [1.165, 1.54) is 29.3 Å². The lowest BCUT2D eigenvalue weighted by Crippen LogP contribution is -2.36. The Bertz CT molecular complexity index is 1110. The first-order chi connectivity index (χ1) is 14.0. The van der Waals surface area contributed by atoms with Gasteiger partial charge in [0.15, 0.2) is 10.8 Å². The van der Waals surface area contributed by atoms with Crippen molar-refractivity contribution in [3.63, 3.8) is 0 Å². The van der Waals surface area contributed by atoms with Crippen molar-refractivity contribution in [3.05, 3.63) is 39.9 Å². The Morgan fingerprint density at radius 1 is 1.38 bits per heavy atom. The highest BCUT2D eigenvalue weighted by Gasteiger charge is 2.18. The number of fused-ring (bicyclic) bond motifs is 1. The van der Waals surface area contributed by atoms with Crippen LogP contribution in [0.2, 0.25) is 5.02 Å². The van der Waals surface area contributed by atoms with E-state index in [4.69, 9.17) is 21.1 Å². The van der Waals surface area contributed by atoms with E-state index in [0.717, 1.165) is 18.2 Å². The van der Waals surface area contributed by atoms with Crippen molar-refractivity contribution >= 4 is 50.0 Å². The molecule has 11 heteroatoms. The molecular formula is C18H18ClN5O4S. The van der Waals surface area contributed by atoms with E-state index in [1.807, 2.05) is 0 Å². The van der Waals surface area contributed by atoms with Gasteiger partial charge in [-0.25, -0.2) is 4.98 Å². The average Bonchev–Trinajstić information content (AvgIpc) is 3.16. The van der Waals surface area contributed by atoms with Crippen LogP contribution in [-0.2, 0) is 16.1 Å². The Labute approximate surface area is 174 Å². The summed E-state index contributed by atoms with van der Waals surface area (Å²) in [5.41, 5.74) is 0.602. The molecule has 1 aromatic carbocycles. The lowest BCUT2D eigenvalue weighted by molar-refractivity contribution is -0.116. The minimum absolute atomic E-state index is 0.170. The summed E-state index contributed by atoms with van der Waals surface area (Å²) in [6, 6.07) is 4.91. The Morgan fingerprint density at radius 2 is 2.17 bits per heavy atom. The molecular weight excluding hydrogens is 418 g/mol. The molecule has 0 bridgehead atoms. The first kappa shape index (κ1) is 19.6. The molecule has 0 atom stereocenters. The number of halogens is 1. The number of anilines is 2. The van der Waals surface area contributed by atoms with Crippen molar-refractivity contribution in [1.29, 1.82) is 0 Å². The number of ether oxygens (including phenoxy) is 2. The molecule has 0 unspecified atom stereocenters. The number of methoxy groups -OCH3 is 1. The molecule has 9 nitrogen and oxygen atoms in total. The number of thiazole rings is 1. The highest BCUT2D eigenvalue weighted by atomic mass is 35.5. The van der Waals surface area contributed by atoms with Crippen molar-refractivity contribution in [2.45, 2.75) is 6.54 Å². The molecule has 29 heavy (non-hydrogen) atoms. The maximum atomic E-state index is 12.8. The zero-order valence-corrected chi connectivity index (χ0v) is 17.1. The predicted octanol–water partition coefficient (Wildman–Crippen LogP) is 1.99. The minimum atomic E-state index is -0.368. The van der Waals surface area contributed by atoms with Gasteiger partial charge in [-0.1, -0.05) is 22.9 Å². The molecule has 0 aliphatic carbocycles. The van der Waals surface area contributed by atoms with Gasteiger partial charge in [0, 0.05) is 18.8 Å². The number of amides is 1. The summed E-state index contributed by atoms with van der Waals surface area (Å²) in [6.45, 7) is 2.53. The third kappa shape index (κ3) is 4.19. The van der Waals surface area contributed by atoms with Gasteiger partial charge in [-0.05, 0) is 18.2 Å². The number of carbonyl (C=O) groups excluding carboxylic acids is 1. The quantitative estimate of drug-likeness (QED) is 0.654. The van der Waals surface area contributed by atoms with Crippen LogP contribution in [0.15, 0.2) is 29.3 Å². The van der Waals surface area contributed by atoms with Gasteiger partial charge in [0.05, 0.1) is 25.3 Å². The number of hydrogen-bond donors (Lipinski definition) is 1. The number of rotatable bonds is 5. The lowest BCUT2D eigenvalue weighted by atomic mass is 10.3. The van der Waals surface area contributed by atoms with Crippen LogP contribution in [0.5, 0.6) is 5.75 Å². The van der Waals surface area contributed by atoms with Gasteiger partial charge in [0.2, 0.25) is 5.91 Å². The van der Waals surface area contributed by atoms with Crippen LogP contribution in [0.3, 0.4) is 0 Å². The Balaban J connectivity index is 1.51. The molecule has 1 N–H and O–H groups in total. The molecule has 4 rings (SSSR count). The van der Waals surface area contributed by atoms with Gasteiger partial charge in [0.1, 0.15) is 23.3 Å². The van der Waals surface area contributed by atoms with Gasteiger partial charge in [0.25, 0.3) is 5.56 Å². The summed E-state index contributed by atoms with van der Waals surface area (Å²) in [6.07, 6.45) is 1.34. The van der Waals surface area contributed by atoms with E-state index in [1.54, 1.807) is 18.2 Å². The van der Waals surface area contributed by atoms with Crippen LogP contribution in [0.1, 0.15) is 0 Å². The fourth-order valence-corrected chi connectivity index (χ4v) is 4.22. The minimum Gasteiger partial charge on any atom is -0.495 e. The highest BCUT2D eigenvalue weighted by molar-refractivity contribution is 7.22. The third-order valence-corrected chi connectivity index (χ3v) is 5.79. The first-order valence-electron chi connectivity index (χ1n) is 8.87. The second-order valence-electron chi connectivity index (χ2n) is 6.32. The van der Waals surface area contributed by atoms with Crippen LogP contribution < -0.4 is 20.5 Å². The molecule has 1 saturated heterocycles. The van der Waals surface area contributed by atoms with E-state index < -0.39 is 0 Å². The molecule has 1 aliphatic rings. The maximum Gasteiger partial charge on any atom is 0.273 e. The number of nitrogens with one attached hydrogen (secondary N) is 1. The molecule has 152 valence electrons. The van der Waals surface area contributed by atoms with Gasteiger partial charge >= 0.3 is 0 Å². The van der Waals surface area contributed by atoms with E-state index in [9.17, 15) is 9.59 Å². The molecule has 0 saturated carbocycles. The van der Waals surface area contributed by atoms with Crippen molar-refractivity contribution in [2.24, 2.45) is 0 Å². The van der Waals surface area contributed by atoms with Crippen molar-refractivity contribution in [3.8, 4) is 5.75 Å². The summed E-state index contributed by atoms with van der Waals surface area (Å²) in [7, 11) is 1.51. The van der Waals surface area contributed by atoms with Gasteiger partial charge in [-0.15, -0.1) is 0 Å². The Hall–Kier alpha value is -2.69. The van der Waals surface area contributed by atoms with E-state index in [0.29, 0.717) is 40.0 Å². The number of nitrogens with zero attached hydrogens (tertiary/aromatic N) is 4. The second kappa shape index (κ2) is 8.36. The standard InChI is InChI=1S/C18H18ClN5O4S/c1-27-13-3-2-11(8-12(13)19)21-14(25)9-24-10-20-16-15(17(24)26)29-18(22-16)23-4-6-28-7-5-23/h2-3,8,10H,4-7,9H2,1H3,(H,21,25). The van der Waals surface area contributed by atoms with Crippen molar-refractivity contribution < 1.29 is 14.3 Å². The van der Waals surface area contributed by atoms with Crippen LogP contribution >= 0.6 is 22.9 Å². The van der Waals surface area contributed by atoms with Gasteiger partial charge < -0.3 is 19.7 Å². The molecule has 1 amide bonds. The van der Waals surface area contributed by atoms with Crippen molar-refractivity contribution in [2.75, 3.05) is 43.6 Å². The number of aromatic nitrogens is 3. The first-order valence-corrected chi connectivity index (χ1v) is 10.1. The fourth-order valence-electron chi connectivity index (χ4n) is 2.94.